The van der Waals surface area contributed by atoms with Gasteiger partial charge in [0, 0.05) is 16.7 Å². The Hall–Kier alpha value is -1.30. The van der Waals surface area contributed by atoms with Crippen LogP contribution < -0.4 is 5.32 Å². The van der Waals surface area contributed by atoms with Crippen molar-refractivity contribution in [1.29, 1.82) is 0 Å². The van der Waals surface area contributed by atoms with Crippen LogP contribution in [0.2, 0.25) is 0 Å². The highest BCUT2D eigenvalue weighted by Crippen LogP contribution is 2.19. The topological polar surface area (TPSA) is 60.3 Å². The molecule has 1 aromatic rings. The molecular weight excluding hydrogens is 300 g/mol. The number of methoxy groups -OCH3 is 1. The van der Waals surface area contributed by atoms with Crippen molar-refractivity contribution in [3.05, 3.63) is 22.4 Å². The fourth-order valence-corrected chi connectivity index (χ4v) is 2.00. The molecule has 0 saturated carbocycles. The van der Waals surface area contributed by atoms with Crippen LogP contribution in [-0.4, -0.2) is 29.6 Å². The molecule has 1 N–H and O–H groups in total. The number of nitrogens with zero attached hydrogens (tertiary/aromatic N) is 1. The van der Waals surface area contributed by atoms with Crippen LogP contribution in [0.1, 0.15) is 37.3 Å². The van der Waals surface area contributed by atoms with Gasteiger partial charge in [-0.15, -0.1) is 0 Å². The summed E-state index contributed by atoms with van der Waals surface area (Å²) < 4.78 is 7.22. The van der Waals surface area contributed by atoms with Crippen molar-refractivity contribution in [2.75, 3.05) is 7.11 Å². The number of carbonyl (C=O) groups is 2. The molecule has 1 aromatic heterocycles. The van der Waals surface area contributed by atoms with Gasteiger partial charge in [-0.3, -0.25) is 4.79 Å². The zero-order valence-corrected chi connectivity index (χ0v) is 12.4. The second-order valence-corrected chi connectivity index (χ2v) is 5.18. The number of hydrogen-bond acceptors (Lipinski definition) is 3. The molecule has 0 spiro atoms. The molecule has 6 heteroatoms. The Balaban J connectivity index is 2.87. The molecule has 1 rings (SSSR count). The molecule has 1 atom stereocenters. The molecule has 0 fully saturated rings. The fraction of sp³-hybridized carbons (Fsp3) is 0.500. The number of esters is 1. The maximum atomic E-state index is 12.1. The van der Waals surface area contributed by atoms with E-state index in [9.17, 15) is 9.59 Å². The van der Waals surface area contributed by atoms with Crippen LogP contribution in [0.25, 0.3) is 0 Å². The lowest BCUT2D eigenvalue weighted by atomic mass is 10.3. The van der Waals surface area contributed by atoms with Crippen molar-refractivity contribution in [1.82, 2.24) is 9.88 Å². The lowest BCUT2D eigenvalue weighted by Crippen LogP contribution is -2.40. The Morgan fingerprint density at radius 3 is 2.50 bits per heavy atom. The molecule has 5 nitrogen and oxygen atoms in total. The number of aromatic nitrogens is 1. The van der Waals surface area contributed by atoms with Gasteiger partial charge in [-0.05, 0) is 42.8 Å². The van der Waals surface area contributed by atoms with E-state index < -0.39 is 12.0 Å². The van der Waals surface area contributed by atoms with Gasteiger partial charge in [0.25, 0.3) is 5.91 Å². The summed E-state index contributed by atoms with van der Waals surface area (Å²) in [4.78, 5) is 23.3. The van der Waals surface area contributed by atoms with Gasteiger partial charge in [0.05, 0.1) is 7.11 Å². The number of nitrogens with one attached hydrogen (secondary N) is 1. The zero-order chi connectivity index (χ0) is 13.9. The normalized spacial score (nSPS) is 12.3. The molecule has 0 aliphatic carbocycles. The van der Waals surface area contributed by atoms with E-state index in [2.05, 4.69) is 26.0 Å². The molecule has 18 heavy (non-hydrogen) atoms. The molecule has 1 amide bonds. The molecule has 0 aliphatic rings. The van der Waals surface area contributed by atoms with Crippen molar-refractivity contribution < 1.29 is 14.3 Å². The minimum Gasteiger partial charge on any atom is -0.467 e. The third-order valence-corrected chi connectivity index (χ3v) is 2.94. The number of rotatable bonds is 4. The minimum absolute atomic E-state index is 0.158. The number of hydrogen-bond donors (Lipinski definition) is 1. The van der Waals surface area contributed by atoms with Crippen LogP contribution in [-0.2, 0) is 9.53 Å². The van der Waals surface area contributed by atoms with Gasteiger partial charge in [-0.25, -0.2) is 4.79 Å². The molecule has 100 valence electrons. The molecule has 1 unspecified atom stereocenters. The average molecular weight is 317 g/mol. The van der Waals surface area contributed by atoms with E-state index in [0.29, 0.717) is 5.69 Å². The van der Waals surface area contributed by atoms with Gasteiger partial charge >= 0.3 is 5.97 Å². The minimum atomic E-state index is -0.670. The van der Waals surface area contributed by atoms with Crippen LogP contribution >= 0.6 is 15.9 Å². The largest absolute Gasteiger partial charge is 0.467 e. The van der Waals surface area contributed by atoms with Gasteiger partial charge in [0.2, 0.25) is 0 Å². The highest BCUT2D eigenvalue weighted by molar-refractivity contribution is 9.10. The molecule has 0 bridgehead atoms. The van der Waals surface area contributed by atoms with Crippen LogP contribution in [0.3, 0.4) is 0 Å². The van der Waals surface area contributed by atoms with Gasteiger partial charge in [0.15, 0.2) is 0 Å². The molecular formula is C12H17BrN2O3. The first-order chi connectivity index (χ1) is 8.36. The predicted octanol–water partition coefficient (Wildman–Crippen LogP) is 2.12. The lowest BCUT2D eigenvalue weighted by Gasteiger charge is -2.15. The van der Waals surface area contributed by atoms with Gasteiger partial charge in [0.1, 0.15) is 11.7 Å². The van der Waals surface area contributed by atoms with E-state index in [1.807, 2.05) is 24.6 Å². The third-order valence-electron chi connectivity index (χ3n) is 2.51. The SMILES string of the molecule is COC(=O)C(C)NC(=O)c1cc(Br)cn1C(C)C. The number of amides is 1. The number of carbonyl (C=O) groups excluding carboxylic acids is 2. The standard InChI is InChI=1S/C12H17BrN2O3/c1-7(2)15-6-9(13)5-10(15)11(16)14-8(3)12(17)18-4/h5-8H,1-4H3,(H,14,16). The summed E-state index contributed by atoms with van der Waals surface area (Å²) in [7, 11) is 1.29. The highest BCUT2D eigenvalue weighted by Gasteiger charge is 2.20. The van der Waals surface area contributed by atoms with Crippen LogP contribution in [0, 0.1) is 0 Å². The van der Waals surface area contributed by atoms with Gasteiger partial charge in [-0.2, -0.15) is 0 Å². The van der Waals surface area contributed by atoms with Crippen molar-refractivity contribution in [2.45, 2.75) is 32.9 Å². The van der Waals surface area contributed by atoms with E-state index in [4.69, 9.17) is 0 Å². The average Bonchev–Trinajstić information content (AvgIpc) is 2.70. The molecule has 0 aromatic carbocycles. The summed E-state index contributed by atoms with van der Waals surface area (Å²) in [6, 6.07) is 1.21. The van der Waals surface area contributed by atoms with E-state index in [1.54, 1.807) is 13.0 Å². The van der Waals surface area contributed by atoms with Gasteiger partial charge in [-0.1, -0.05) is 0 Å². The van der Waals surface area contributed by atoms with Crippen molar-refractivity contribution in [2.24, 2.45) is 0 Å². The summed E-state index contributed by atoms with van der Waals surface area (Å²) in [6.45, 7) is 5.54. The first-order valence-corrected chi connectivity index (χ1v) is 6.42. The van der Waals surface area contributed by atoms with Crippen LogP contribution in [0.15, 0.2) is 16.7 Å². The molecule has 0 saturated heterocycles. The molecule has 1 heterocycles. The van der Waals surface area contributed by atoms with Crippen molar-refractivity contribution >= 4 is 27.8 Å². The first kappa shape index (κ1) is 14.8. The van der Waals surface area contributed by atoms with Gasteiger partial charge < -0.3 is 14.6 Å². The Kier molecular flexibility index (Phi) is 4.95. The Morgan fingerprint density at radius 1 is 1.39 bits per heavy atom. The zero-order valence-electron chi connectivity index (χ0n) is 10.9. The smallest absolute Gasteiger partial charge is 0.328 e. The summed E-state index contributed by atoms with van der Waals surface area (Å²) in [5.74, 6) is -0.766. The summed E-state index contributed by atoms with van der Waals surface area (Å²) >= 11 is 3.34. The Bertz CT molecular complexity index is 454. The quantitative estimate of drug-likeness (QED) is 0.866. The fourth-order valence-electron chi connectivity index (χ4n) is 1.56. The number of ether oxygens (including phenoxy) is 1. The van der Waals surface area contributed by atoms with E-state index in [0.717, 1.165) is 4.47 Å². The highest BCUT2D eigenvalue weighted by atomic mass is 79.9. The number of halogens is 1. The van der Waals surface area contributed by atoms with Crippen LogP contribution in [0.5, 0.6) is 0 Å². The summed E-state index contributed by atoms with van der Waals surface area (Å²) in [5, 5.41) is 2.60. The van der Waals surface area contributed by atoms with E-state index in [1.165, 1.54) is 7.11 Å². The Labute approximate surface area is 115 Å². The second-order valence-electron chi connectivity index (χ2n) is 4.26. The van der Waals surface area contributed by atoms with Crippen molar-refractivity contribution in [3.63, 3.8) is 0 Å². The summed E-state index contributed by atoms with van der Waals surface area (Å²) in [6.07, 6.45) is 1.84. The molecule has 0 aliphatic heterocycles. The van der Waals surface area contributed by atoms with Crippen LogP contribution in [0.4, 0.5) is 0 Å². The van der Waals surface area contributed by atoms with E-state index in [-0.39, 0.29) is 11.9 Å². The Morgan fingerprint density at radius 2 is 2.00 bits per heavy atom. The lowest BCUT2D eigenvalue weighted by molar-refractivity contribution is -0.142. The second kappa shape index (κ2) is 6.04. The maximum Gasteiger partial charge on any atom is 0.328 e. The summed E-state index contributed by atoms with van der Waals surface area (Å²) in [5.41, 5.74) is 0.507. The van der Waals surface area contributed by atoms with E-state index >= 15 is 0 Å². The van der Waals surface area contributed by atoms with Crippen molar-refractivity contribution in [3.8, 4) is 0 Å². The third kappa shape index (κ3) is 3.35. The predicted molar refractivity (Wildman–Crippen MR) is 71.5 cm³/mol. The first-order valence-electron chi connectivity index (χ1n) is 5.63. The molecule has 0 radical (unpaired) electrons. The maximum absolute atomic E-state index is 12.1. The monoisotopic (exact) mass is 316 g/mol.